The second kappa shape index (κ2) is 5.37. The Morgan fingerprint density at radius 1 is 1.39 bits per heavy atom. The van der Waals surface area contributed by atoms with E-state index in [0.29, 0.717) is 0 Å². The van der Waals surface area contributed by atoms with Gasteiger partial charge >= 0.3 is 5.97 Å². The Morgan fingerprint density at radius 2 is 2.17 bits per heavy atom. The average Bonchev–Trinajstić information content (AvgIpc) is 2.78. The van der Waals surface area contributed by atoms with Crippen LogP contribution in [0.5, 0.6) is 0 Å². The van der Waals surface area contributed by atoms with Gasteiger partial charge in [-0.1, -0.05) is 12.1 Å². The molecule has 0 radical (unpaired) electrons. The number of hydrogen-bond acceptors (Lipinski definition) is 5. The number of carbonyl (C=O) groups is 1. The Balaban J connectivity index is 2.06. The zero-order chi connectivity index (χ0) is 13.0. The maximum Gasteiger partial charge on any atom is 0.329 e. The number of halogens is 1. The molecule has 1 heterocycles. The Hall–Kier alpha value is -2.28. The SMILES string of the molecule is O=C(O)COCc1nnc(-c2ccccc2F)o1. The Kier molecular flexibility index (Phi) is 3.63. The highest BCUT2D eigenvalue weighted by Gasteiger charge is 2.12. The first-order chi connectivity index (χ1) is 8.66. The summed E-state index contributed by atoms with van der Waals surface area (Å²) in [5, 5.41) is 15.7. The number of aliphatic carboxylic acids is 1. The molecule has 0 aliphatic rings. The summed E-state index contributed by atoms with van der Waals surface area (Å²) < 4.78 is 23.3. The van der Waals surface area contributed by atoms with Gasteiger partial charge in [0.15, 0.2) is 0 Å². The summed E-state index contributed by atoms with van der Waals surface area (Å²) in [6.07, 6.45) is 0. The molecule has 0 unspecified atom stereocenters. The molecule has 0 atom stereocenters. The number of benzene rings is 1. The lowest BCUT2D eigenvalue weighted by Crippen LogP contribution is -2.06. The fourth-order valence-electron chi connectivity index (χ4n) is 1.28. The molecule has 94 valence electrons. The van der Waals surface area contributed by atoms with E-state index in [0.717, 1.165) is 0 Å². The lowest BCUT2D eigenvalue weighted by Gasteiger charge is -1.96. The van der Waals surface area contributed by atoms with Gasteiger partial charge in [-0.3, -0.25) is 0 Å². The van der Waals surface area contributed by atoms with Crippen LogP contribution in [0.1, 0.15) is 5.89 Å². The summed E-state index contributed by atoms with van der Waals surface area (Å²) in [6, 6.07) is 5.97. The van der Waals surface area contributed by atoms with Crippen molar-refractivity contribution in [1.82, 2.24) is 10.2 Å². The number of carboxylic acids is 1. The van der Waals surface area contributed by atoms with Crippen LogP contribution in [0, 0.1) is 5.82 Å². The highest BCUT2D eigenvalue weighted by atomic mass is 19.1. The Labute approximate surface area is 101 Å². The van der Waals surface area contributed by atoms with Crippen LogP contribution in [0.25, 0.3) is 11.5 Å². The minimum absolute atomic E-state index is 0.0297. The van der Waals surface area contributed by atoms with E-state index in [9.17, 15) is 9.18 Å². The van der Waals surface area contributed by atoms with Crippen molar-refractivity contribution in [1.29, 1.82) is 0 Å². The van der Waals surface area contributed by atoms with Crippen molar-refractivity contribution in [2.24, 2.45) is 0 Å². The molecule has 18 heavy (non-hydrogen) atoms. The number of nitrogens with zero attached hydrogens (tertiary/aromatic N) is 2. The van der Waals surface area contributed by atoms with Gasteiger partial charge in [0.2, 0.25) is 5.89 Å². The fourth-order valence-corrected chi connectivity index (χ4v) is 1.28. The third kappa shape index (κ3) is 2.89. The highest BCUT2D eigenvalue weighted by Crippen LogP contribution is 2.20. The number of aromatic nitrogens is 2. The molecule has 0 saturated heterocycles. The molecule has 7 heteroatoms. The van der Waals surface area contributed by atoms with Gasteiger partial charge in [0.25, 0.3) is 5.89 Å². The van der Waals surface area contributed by atoms with Crippen LogP contribution < -0.4 is 0 Å². The normalized spacial score (nSPS) is 10.5. The predicted molar refractivity (Wildman–Crippen MR) is 57.0 cm³/mol. The second-order valence-corrected chi connectivity index (χ2v) is 3.37. The maximum atomic E-state index is 13.4. The minimum Gasteiger partial charge on any atom is -0.480 e. The molecule has 2 rings (SSSR count). The first-order valence-corrected chi connectivity index (χ1v) is 5.03. The minimum atomic E-state index is -1.09. The third-order valence-electron chi connectivity index (χ3n) is 2.02. The number of ether oxygens (including phenoxy) is 1. The van der Waals surface area contributed by atoms with E-state index in [1.807, 2.05) is 0 Å². The lowest BCUT2D eigenvalue weighted by atomic mass is 10.2. The van der Waals surface area contributed by atoms with Crippen LogP contribution >= 0.6 is 0 Å². The van der Waals surface area contributed by atoms with E-state index in [2.05, 4.69) is 10.2 Å². The average molecular weight is 252 g/mol. The molecule has 0 amide bonds. The molecule has 0 spiro atoms. The Bertz CT molecular complexity index is 555. The van der Waals surface area contributed by atoms with Crippen LogP contribution in [0.3, 0.4) is 0 Å². The van der Waals surface area contributed by atoms with E-state index in [1.165, 1.54) is 12.1 Å². The van der Waals surface area contributed by atoms with Crippen LogP contribution in [-0.4, -0.2) is 27.9 Å². The molecular weight excluding hydrogens is 243 g/mol. The largest absolute Gasteiger partial charge is 0.480 e. The van der Waals surface area contributed by atoms with Gasteiger partial charge in [0.1, 0.15) is 19.0 Å². The number of hydrogen-bond donors (Lipinski definition) is 1. The van der Waals surface area contributed by atoms with E-state index >= 15 is 0 Å². The van der Waals surface area contributed by atoms with E-state index in [-0.39, 0.29) is 24.0 Å². The van der Waals surface area contributed by atoms with Gasteiger partial charge in [0.05, 0.1) is 5.56 Å². The molecule has 0 fully saturated rings. The van der Waals surface area contributed by atoms with Gasteiger partial charge in [-0.05, 0) is 12.1 Å². The predicted octanol–water partition coefficient (Wildman–Crippen LogP) is 1.48. The maximum absolute atomic E-state index is 13.4. The molecule has 6 nitrogen and oxygen atoms in total. The van der Waals surface area contributed by atoms with Crippen molar-refractivity contribution in [2.75, 3.05) is 6.61 Å². The zero-order valence-electron chi connectivity index (χ0n) is 9.17. The van der Waals surface area contributed by atoms with Gasteiger partial charge in [-0.15, -0.1) is 10.2 Å². The highest BCUT2D eigenvalue weighted by molar-refractivity contribution is 5.67. The van der Waals surface area contributed by atoms with Crippen molar-refractivity contribution in [3.63, 3.8) is 0 Å². The van der Waals surface area contributed by atoms with Gasteiger partial charge in [-0.25, -0.2) is 9.18 Å². The van der Waals surface area contributed by atoms with Crippen molar-refractivity contribution in [2.45, 2.75) is 6.61 Å². The van der Waals surface area contributed by atoms with Crippen LogP contribution in [-0.2, 0) is 16.1 Å². The smallest absolute Gasteiger partial charge is 0.329 e. The molecule has 1 N–H and O–H groups in total. The Morgan fingerprint density at radius 3 is 2.89 bits per heavy atom. The van der Waals surface area contributed by atoms with Gasteiger partial charge in [-0.2, -0.15) is 0 Å². The molecule has 0 aliphatic carbocycles. The molecule has 0 saturated carbocycles. The first kappa shape index (κ1) is 12.2. The second-order valence-electron chi connectivity index (χ2n) is 3.37. The summed E-state index contributed by atoms with van der Waals surface area (Å²) in [7, 11) is 0. The summed E-state index contributed by atoms with van der Waals surface area (Å²) in [4.78, 5) is 10.2. The van der Waals surface area contributed by atoms with Crippen LogP contribution in [0.15, 0.2) is 28.7 Å². The third-order valence-corrected chi connectivity index (χ3v) is 2.02. The molecule has 1 aromatic heterocycles. The van der Waals surface area contributed by atoms with Crippen molar-refractivity contribution in [3.05, 3.63) is 36.0 Å². The number of carboxylic acid groups (broad SMARTS) is 1. The summed E-state index contributed by atoms with van der Waals surface area (Å²) in [6.45, 7) is -0.592. The van der Waals surface area contributed by atoms with Crippen LogP contribution in [0.4, 0.5) is 4.39 Å². The quantitative estimate of drug-likeness (QED) is 0.867. The van der Waals surface area contributed by atoms with E-state index in [4.69, 9.17) is 14.3 Å². The molecule has 2 aromatic rings. The van der Waals surface area contributed by atoms with Crippen molar-refractivity contribution in [3.8, 4) is 11.5 Å². The molecule has 1 aromatic carbocycles. The fraction of sp³-hybridized carbons (Fsp3) is 0.182. The van der Waals surface area contributed by atoms with Gasteiger partial charge < -0.3 is 14.3 Å². The molecule has 0 aliphatic heterocycles. The first-order valence-electron chi connectivity index (χ1n) is 5.03. The van der Waals surface area contributed by atoms with E-state index in [1.54, 1.807) is 12.1 Å². The number of rotatable bonds is 5. The summed E-state index contributed by atoms with van der Waals surface area (Å²) in [5.41, 5.74) is 0.189. The summed E-state index contributed by atoms with van der Waals surface area (Å²) >= 11 is 0. The molecule has 0 bridgehead atoms. The van der Waals surface area contributed by atoms with Crippen LogP contribution in [0.2, 0.25) is 0 Å². The summed E-state index contributed by atoms with van der Waals surface area (Å²) in [5.74, 6) is -1.44. The molecular formula is C11H9FN2O4. The van der Waals surface area contributed by atoms with Crippen molar-refractivity contribution >= 4 is 5.97 Å². The van der Waals surface area contributed by atoms with Gasteiger partial charge in [0, 0.05) is 0 Å². The topological polar surface area (TPSA) is 85.5 Å². The standard InChI is InChI=1S/C11H9FN2O4/c12-8-4-2-1-3-7(8)11-14-13-9(18-11)5-17-6-10(15)16/h1-4H,5-6H2,(H,15,16). The lowest BCUT2D eigenvalue weighted by molar-refractivity contribution is -0.142. The van der Waals surface area contributed by atoms with E-state index < -0.39 is 18.4 Å². The zero-order valence-corrected chi connectivity index (χ0v) is 9.17. The monoisotopic (exact) mass is 252 g/mol. The van der Waals surface area contributed by atoms with Crippen molar-refractivity contribution < 1.29 is 23.4 Å².